The number of benzene rings is 1. The van der Waals surface area contributed by atoms with Gasteiger partial charge in [0.25, 0.3) is 0 Å². The van der Waals surface area contributed by atoms with Crippen LogP contribution in [0.4, 0.5) is 5.82 Å². The molecule has 4 rings (SSSR count). The molecule has 1 aliphatic rings. The second-order valence-electron chi connectivity index (χ2n) is 7.76. The van der Waals surface area contributed by atoms with Gasteiger partial charge in [-0.3, -0.25) is 4.98 Å². The largest absolute Gasteiger partial charge is 0.462 e. The summed E-state index contributed by atoms with van der Waals surface area (Å²) >= 11 is 5.21. The van der Waals surface area contributed by atoms with E-state index in [-0.39, 0.29) is 0 Å². The summed E-state index contributed by atoms with van der Waals surface area (Å²) in [6, 6.07) is 10.3. The maximum absolute atomic E-state index is 10.1. The number of thiocarbonyl (C=S) groups is 1. The van der Waals surface area contributed by atoms with Crippen molar-refractivity contribution < 1.29 is 29.9 Å². The van der Waals surface area contributed by atoms with Crippen LogP contribution in [0.15, 0.2) is 55.3 Å². The van der Waals surface area contributed by atoms with E-state index in [0.29, 0.717) is 40.1 Å². The second-order valence-corrected chi connectivity index (χ2v) is 8.17. The molecule has 0 amide bonds. The Balaban J connectivity index is 1.48. The van der Waals surface area contributed by atoms with Crippen molar-refractivity contribution in [2.45, 2.75) is 30.7 Å². The van der Waals surface area contributed by atoms with Crippen molar-refractivity contribution in [1.82, 2.24) is 20.3 Å². The van der Waals surface area contributed by atoms with Gasteiger partial charge in [0.1, 0.15) is 41.5 Å². The molecule has 184 valence electrons. The molecule has 11 nitrogen and oxygen atoms in total. The smallest absolute Gasteiger partial charge is 0.229 e. The van der Waals surface area contributed by atoms with E-state index >= 15 is 0 Å². The number of nitrogens with one attached hydrogen (secondary N) is 2. The van der Waals surface area contributed by atoms with Crippen molar-refractivity contribution in [3.05, 3.63) is 55.3 Å². The summed E-state index contributed by atoms with van der Waals surface area (Å²) in [5.74, 6) is 0.866. The van der Waals surface area contributed by atoms with Crippen molar-refractivity contribution in [3.8, 4) is 17.0 Å². The molecule has 5 atom stereocenters. The number of anilines is 1. The molecule has 0 bridgehead atoms. The van der Waals surface area contributed by atoms with Crippen LogP contribution in [0.3, 0.4) is 0 Å². The van der Waals surface area contributed by atoms with Crippen LogP contribution >= 0.6 is 12.2 Å². The van der Waals surface area contributed by atoms with E-state index < -0.39 is 37.3 Å². The van der Waals surface area contributed by atoms with Crippen LogP contribution in [0.1, 0.15) is 0 Å². The first kappa shape index (κ1) is 24.9. The van der Waals surface area contributed by atoms with E-state index in [1.165, 1.54) is 0 Å². The first-order valence-corrected chi connectivity index (χ1v) is 11.2. The van der Waals surface area contributed by atoms with Gasteiger partial charge in [0.05, 0.1) is 18.5 Å². The summed E-state index contributed by atoms with van der Waals surface area (Å²) < 4.78 is 11.0. The maximum Gasteiger partial charge on any atom is 0.229 e. The maximum atomic E-state index is 10.1. The number of aromatic nitrogens is 3. The lowest BCUT2D eigenvalue weighted by Gasteiger charge is -2.39. The predicted molar refractivity (Wildman–Crippen MR) is 132 cm³/mol. The molecule has 1 aliphatic heterocycles. The molecule has 3 heterocycles. The monoisotopic (exact) mass is 499 g/mol. The van der Waals surface area contributed by atoms with Gasteiger partial charge in [0.15, 0.2) is 10.8 Å². The zero-order valence-corrected chi connectivity index (χ0v) is 19.3. The number of hydrogen-bond acceptors (Lipinski definition) is 10. The van der Waals surface area contributed by atoms with Crippen LogP contribution in [-0.2, 0) is 4.74 Å². The Morgan fingerprint density at radius 1 is 1.09 bits per heavy atom. The third kappa shape index (κ3) is 5.70. The zero-order chi connectivity index (χ0) is 24.9. The highest BCUT2D eigenvalue weighted by Gasteiger charge is 2.44. The number of nitrogens with zero attached hydrogens (tertiary/aromatic N) is 3. The molecule has 3 aromatic rings. The fourth-order valence-corrected chi connectivity index (χ4v) is 3.62. The molecule has 0 radical (unpaired) electrons. The number of pyridine rings is 1. The molecule has 1 unspecified atom stereocenters. The molecule has 0 spiro atoms. The summed E-state index contributed by atoms with van der Waals surface area (Å²) in [5.41, 5.74) is 2.37. The minimum Gasteiger partial charge on any atom is -0.462 e. The van der Waals surface area contributed by atoms with E-state index in [9.17, 15) is 20.4 Å². The second kappa shape index (κ2) is 11.0. The Kier molecular flexibility index (Phi) is 7.80. The van der Waals surface area contributed by atoms with Gasteiger partial charge in [-0.25, -0.2) is 9.97 Å². The standard InChI is InChI=1S/C23H25N5O6S/c1-2-9-24-23(35)28-17-8-7-14-21(27-17)26-15(10-25-14)12-3-5-13(6-4-12)33-22-20(32)19(31)18(30)16(11-29)34-22/h2-8,10,16,18-20,22,29-32H,1,9,11H2,(H2,24,26,27,28,35)/t16-,18-,19+,20-,22?/m1/s1. The van der Waals surface area contributed by atoms with E-state index in [0.717, 1.165) is 5.56 Å². The molecule has 35 heavy (non-hydrogen) atoms. The molecule has 0 aliphatic carbocycles. The van der Waals surface area contributed by atoms with Crippen molar-refractivity contribution in [3.63, 3.8) is 0 Å². The van der Waals surface area contributed by atoms with Crippen LogP contribution in [0.25, 0.3) is 22.4 Å². The summed E-state index contributed by atoms with van der Waals surface area (Å²) in [6.07, 6.45) is -3.46. The first-order chi connectivity index (χ1) is 16.9. The Morgan fingerprint density at radius 3 is 2.57 bits per heavy atom. The number of rotatable bonds is 7. The summed E-state index contributed by atoms with van der Waals surface area (Å²) in [7, 11) is 0. The lowest BCUT2D eigenvalue weighted by Crippen LogP contribution is -2.60. The Bertz CT molecular complexity index is 1190. The van der Waals surface area contributed by atoms with Gasteiger partial charge in [0, 0.05) is 12.1 Å². The van der Waals surface area contributed by atoms with E-state index in [4.69, 9.17) is 21.7 Å². The van der Waals surface area contributed by atoms with Crippen molar-refractivity contribution in [2.75, 3.05) is 18.5 Å². The minimum atomic E-state index is -1.52. The van der Waals surface area contributed by atoms with Crippen molar-refractivity contribution in [1.29, 1.82) is 0 Å². The molecule has 6 N–H and O–H groups in total. The van der Waals surface area contributed by atoms with Crippen LogP contribution in [0.5, 0.6) is 5.75 Å². The lowest BCUT2D eigenvalue weighted by molar-refractivity contribution is -0.277. The summed E-state index contributed by atoms with van der Waals surface area (Å²) in [5, 5.41) is 45.6. The Morgan fingerprint density at radius 2 is 1.86 bits per heavy atom. The lowest BCUT2D eigenvalue weighted by atomic mass is 9.99. The van der Waals surface area contributed by atoms with Gasteiger partial charge >= 0.3 is 0 Å². The topological polar surface area (TPSA) is 162 Å². The van der Waals surface area contributed by atoms with Gasteiger partial charge in [0.2, 0.25) is 6.29 Å². The van der Waals surface area contributed by atoms with Gasteiger partial charge in [-0.15, -0.1) is 6.58 Å². The molecule has 12 heteroatoms. The number of hydrogen-bond donors (Lipinski definition) is 6. The van der Waals surface area contributed by atoms with Gasteiger partial charge in [-0.1, -0.05) is 6.08 Å². The van der Waals surface area contributed by atoms with Gasteiger partial charge < -0.3 is 40.5 Å². The molecule has 1 aromatic carbocycles. The highest BCUT2D eigenvalue weighted by Crippen LogP contribution is 2.26. The van der Waals surface area contributed by atoms with Crippen LogP contribution in [0.2, 0.25) is 0 Å². The van der Waals surface area contributed by atoms with Crippen LogP contribution < -0.4 is 15.4 Å². The highest BCUT2D eigenvalue weighted by molar-refractivity contribution is 7.80. The number of fused-ring (bicyclic) bond motifs is 1. The fourth-order valence-electron chi connectivity index (χ4n) is 3.43. The summed E-state index contributed by atoms with van der Waals surface area (Å²) in [6.45, 7) is 3.62. The van der Waals surface area contributed by atoms with Crippen molar-refractivity contribution >= 4 is 34.3 Å². The van der Waals surface area contributed by atoms with Gasteiger partial charge in [-0.05, 0) is 48.6 Å². The fraction of sp³-hybridized carbons (Fsp3) is 0.304. The van der Waals surface area contributed by atoms with E-state index in [1.807, 2.05) is 0 Å². The zero-order valence-electron chi connectivity index (χ0n) is 18.5. The Hall–Kier alpha value is -3.26. The Labute approximate surface area is 206 Å². The average Bonchev–Trinajstić information content (AvgIpc) is 2.87. The molecule has 1 saturated heterocycles. The highest BCUT2D eigenvalue weighted by atomic mass is 32.1. The van der Waals surface area contributed by atoms with Crippen LogP contribution in [-0.4, -0.2) is 84.3 Å². The molecule has 1 fully saturated rings. The number of aliphatic hydroxyl groups is 4. The molecule has 0 saturated carbocycles. The SMILES string of the molecule is C=CCNC(=S)Nc1ccc2ncc(-c3ccc(OC4O[C@H](CO)[C@@H](O)[C@H](O)[C@H]4O)cc3)nc2n1. The molecular formula is C23H25N5O6S. The average molecular weight is 500 g/mol. The summed E-state index contributed by atoms with van der Waals surface area (Å²) in [4.78, 5) is 13.5. The quantitative estimate of drug-likeness (QED) is 0.196. The van der Waals surface area contributed by atoms with E-state index in [1.54, 1.807) is 48.7 Å². The third-order valence-corrected chi connectivity index (χ3v) is 5.55. The van der Waals surface area contributed by atoms with Crippen LogP contribution in [0, 0.1) is 0 Å². The molecule has 2 aromatic heterocycles. The van der Waals surface area contributed by atoms with Gasteiger partial charge in [-0.2, -0.15) is 0 Å². The normalized spacial score (nSPS) is 24.1. The van der Waals surface area contributed by atoms with E-state index in [2.05, 4.69) is 32.2 Å². The first-order valence-electron chi connectivity index (χ1n) is 10.8. The van der Waals surface area contributed by atoms with Crippen molar-refractivity contribution in [2.24, 2.45) is 0 Å². The minimum absolute atomic E-state index is 0.344. The predicted octanol–water partition coefficient (Wildman–Crippen LogP) is 0.343. The number of aliphatic hydroxyl groups excluding tert-OH is 4. The number of ether oxygens (including phenoxy) is 2. The molecular weight excluding hydrogens is 474 g/mol. The third-order valence-electron chi connectivity index (χ3n) is 5.31.